The van der Waals surface area contributed by atoms with E-state index in [0.717, 1.165) is 47.7 Å². The molecule has 0 aliphatic heterocycles. The number of sulfonamides is 1. The van der Waals surface area contributed by atoms with Gasteiger partial charge in [-0.05, 0) is 80.1 Å². The first kappa shape index (κ1) is 31.9. The number of methoxy groups -OCH3 is 1. The monoisotopic (exact) mass is 617 g/mol. The summed E-state index contributed by atoms with van der Waals surface area (Å²) in [6, 6.07) is 17.0. The van der Waals surface area contributed by atoms with Gasteiger partial charge in [-0.25, -0.2) is 17.9 Å². The molecule has 1 aromatic heterocycles. The molecule has 0 bridgehead atoms. The Balaban J connectivity index is 0.00000225. The average Bonchev–Trinajstić information content (AvgIpc) is 3.62. The van der Waals surface area contributed by atoms with Crippen LogP contribution in [-0.2, 0) is 14.8 Å². The molecule has 1 saturated carbocycles. The summed E-state index contributed by atoms with van der Waals surface area (Å²) in [4.78, 5) is 28.7. The number of carbonyl (C=O) groups is 2. The smallest absolute Gasteiger partial charge is 1.00 e. The number of anilines is 1. The van der Waals surface area contributed by atoms with Crippen molar-refractivity contribution in [2.75, 3.05) is 12.4 Å². The Morgan fingerprint density at radius 1 is 1.02 bits per heavy atom. The average molecular weight is 618 g/mol. The molecule has 1 unspecified atom stereocenters. The summed E-state index contributed by atoms with van der Waals surface area (Å²) in [5, 5.41) is 3.76. The van der Waals surface area contributed by atoms with Gasteiger partial charge in [0.2, 0.25) is 0 Å². The van der Waals surface area contributed by atoms with Crippen LogP contribution in [0.2, 0.25) is 0 Å². The summed E-state index contributed by atoms with van der Waals surface area (Å²) in [6.45, 7) is 3.68. The standard InChI is InChI=1S/C31H33N3O6S.Ca.2H/c1-19-8-4-7-11-29(19)41(37,38)34-30(35)21-12-14-24(28(16-21)39-3)20(2)26-18-32-27-15-13-22(17-25(26)27)33-31(36)40-23-9-5-6-10-23;;;/h4,7-8,11-18,20,23,32H,5-6,9-10H2,1-3H3,(H,33,36)(H,34,35);;;/q;+2;2*-1. The number of amides is 2. The number of benzene rings is 3. The summed E-state index contributed by atoms with van der Waals surface area (Å²) in [6.07, 6.45) is 5.38. The van der Waals surface area contributed by atoms with Crippen LogP contribution in [0.25, 0.3) is 10.9 Å². The van der Waals surface area contributed by atoms with Crippen molar-refractivity contribution < 1.29 is 30.3 Å². The van der Waals surface area contributed by atoms with Crippen molar-refractivity contribution >= 4 is 76.4 Å². The molecule has 1 heterocycles. The molecule has 1 fully saturated rings. The molecular weight excluding hydrogens is 583 g/mol. The molecule has 5 rings (SSSR count). The third-order valence-electron chi connectivity index (χ3n) is 7.57. The van der Waals surface area contributed by atoms with Gasteiger partial charge < -0.3 is 17.3 Å². The minimum Gasteiger partial charge on any atom is -1.00 e. The van der Waals surface area contributed by atoms with Crippen LogP contribution in [0.1, 0.15) is 68.4 Å². The minimum atomic E-state index is -4.05. The van der Waals surface area contributed by atoms with Gasteiger partial charge in [-0.3, -0.25) is 10.1 Å². The molecule has 0 spiro atoms. The van der Waals surface area contributed by atoms with Gasteiger partial charge in [0.15, 0.2) is 0 Å². The van der Waals surface area contributed by atoms with E-state index in [1.165, 1.54) is 19.2 Å². The zero-order valence-electron chi connectivity index (χ0n) is 25.9. The Labute approximate surface area is 278 Å². The first-order chi connectivity index (χ1) is 19.7. The first-order valence-corrected chi connectivity index (χ1v) is 15.0. The topological polar surface area (TPSA) is 127 Å². The van der Waals surface area contributed by atoms with E-state index in [-0.39, 0.29) is 63.1 Å². The third-order valence-corrected chi connectivity index (χ3v) is 9.07. The molecule has 1 aliphatic carbocycles. The molecule has 1 aliphatic rings. The third kappa shape index (κ3) is 6.94. The van der Waals surface area contributed by atoms with Gasteiger partial charge in [-0.15, -0.1) is 0 Å². The first-order valence-electron chi connectivity index (χ1n) is 13.6. The Kier molecular flexibility index (Phi) is 10.2. The number of aromatic nitrogens is 1. The molecule has 3 N–H and O–H groups in total. The quantitative estimate of drug-likeness (QED) is 0.206. The fraction of sp³-hybridized carbons (Fsp3) is 0.290. The molecule has 0 saturated heterocycles. The molecule has 3 aromatic carbocycles. The molecule has 218 valence electrons. The van der Waals surface area contributed by atoms with E-state index < -0.39 is 22.0 Å². The number of fused-ring (bicyclic) bond motifs is 1. The predicted octanol–water partition coefficient (Wildman–Crippen LogP) is 6.09. The number of aryl methyl sites for hydroxylation is 1. The van der Waals surface area contributed by atoms with Gasteiger partial charge in [-0.1, -0.05) is 31.2 Å². The summed E-state index contributed by atoms with van der Waals surface area (Å²) >= 11 is 0. The fourth-order valence-corrected chi connectivity index (χ4v) is 6.58. The van der Waals surface area contributed by atoms with E-state index in [1.807, 2.05) is 31.3 Å². The van der Waals surface area contributed by atoms with Gasteiger partial charge in [-0.2, -0.15) is 0 Å². The summed E-state index contributed by atoms with van der Waals surface area (Å²) < 4.78 is 39.0. The molecule has 2 amide bonds. The molecule has 4 aromatic rings. The summed E-state index contributed by atoms with van der Waals surface area (Å²) in [7, 11) is -2.54. The van der Waals surface area contributed by atoms with Gasteiger partial charge in [0.25, 0.3) is 15.9 Å². The second-order valence-corrected chi connectivity index (χ2v) is 12.0. The van der Waals surface area contributed by atoms with Crippen molar-refractivity contribution in [3.05, 3.63) is 89.1 Å². The number of hydrogen-bond acceptors (Lipinski definition) is 6. The Bertz CT molecular complexity index is 1720. The number of carbonyl (C=O) groups excluding carboxylic acids is 2. The van der Waals surface area contributed by atoms with Crippen LogP contribution in [0.3, 0.4) is 0 Å². The van der Waals surface area contributed by atoms with Crippen LogP contribution in [-0.4, -0.2) is 76.4 Å². The van der Waals surface area contributed by atoms with Crippen LogP contribution in [0, 0.1) is 6.92 Å². The van der Waals surface area contributed by atoms with Crippen LogP contribution in [0.5, 0.6) is 5.75 Å². The van der Waals surface area contributed by atoms with Crippen molar-refractivity contribution in [3.63, 3.8) is 0 Å². The van der Waals surface area contributed by atoms with Crippen LogP contribution in [0.4, 0.5) is 10.5 Å². The maximum Gasteiger partial charge on any atom is 2.00 e. The maximum absolute atomic E-state index is 12.9. The largest absolute Gasteiger partial charge is 2.00 e. The second kappa shape index (κ2) is 13.5. The van der Waals surface area contributed by atoms with Gasteiger partial charge in [0.05, 0.1) is 12.0 Å². The van der Waals surface area contributed by atoms with Crippen LogP contribution in [0.15, 0.2) is 71.8 Å². The Hall–Kier alpha value is -3.05. The molecule has 1 atom stereocenters. The fourth-order valence-electron chi connectivity index (χ4n) is 5.35. The number of hydrogen-bond donors (Lipinski definition) is 3. The minimum absolute atomic E-state index is 0. The Morgan fingerprint density at radius 3 is 2.48 bits per heavy atom. The van der Waals surface area contributed by atoms with Crippen molar-refractivity contribution in [2.24, 2.45) is 0 Å². The van der Waals surface area contributed by atoms with Crippen LogP contribution < -0.4 is 14.8 Å². The molecule has 11 heteroatoms. The number of ether oxygens (including phenoxy) is 2. The number of nitrogens with one attached hydrogen (secondary N) is 3. The maximum atomic E-state index is 12.9. The van der Waals surface area contributed by atoms with Crippen molar-refractivity contribution in [2.45, 2.75) is 56.4 Å². The normalized spacial score (nSPS) is 14.2. The molecular formula is C31H35CaN3O6S. The van der Waals surface area contributed by atoms with Crippen molar-refractivity contribution in [3.8, 4) is 5.75 Å². The Morgan fingerprint density at radius 2 is 1.76 bits per heavy atom. The number of H-pyrrole nitrogens is 1. The molecule has 9 nitrogen and oxygen atoms in total. The van der Waals surface area contributed by atoms with Gasteiger partial charge in [0.1, 0.15) is 11.9 Å². The van der Waals surface area contributed by atoms with E-state index in [2.05, 4.69) is 15.0 Å². The van der Waals surface area contributed by atoms with E-state index >= 15 is 0 Å². The van der Waals surface area contributed by atoms with E-state index in [4.69, 9.17) is 9.47 Å². The van der Waals surface area contributed by atoms with E-state index in [9.17, 15) is 18.0 Å². The zero-order chi connectivity index (χ0) is 29.1. The molecule has 42 heavy (non-hydrogen) atoms. The molecule has 0 radical (unpaired) electrons. The van der Waals surface area contributed by atoms with Gasteiger partial charge >= 0.3 is 43.8 Å². The predicted molar refractivity (Wildman–Crippen MR) is 165 cm³/mol. The van der Waals surface area contributed by atoms with Crippen LogP contribution >= 0.6 is 0 Å². The van der Waals surface area contributed by atoms with Crippen molar-refractivity contribution in [1.29, 1.82) is 0 Å². The van der Waals surface area contributed by atoms with Gasteiger partial charge in [0, 0.05) is 39.8 Å². The van der Waals surface area contributed by atoms with Crippen molar-refractivity contribution in [1.82, 2.24) is 9.71 Å². The van der Waals surface area contributed by atoms with E-state index in [1.54, 1.807) is 37.3 Å². The number of rotatable bonds is 8. The number of aromatic amines is 1. The summed E-state index contributed by atoms with van der Waals surface area (Å²) in [5.74, 6) is -0.465. The summed E-state index contributed by atoms with van der Waals surface area (Å²) in [5.41, 5.74) is 4.00. The SMILES string of the molecule is COc1cc(C(=O)NS(=O)(=O)c2ccccc2C)ccc1C(C)c1c[nH]c2ccc(NC(=O)OC3CCCC3)cc12.[Ca+2].[H-].[H-]. The second-order valence-electron chi connectivity index (χ2n) is 10.3. The van der Waals surface area contributed by atoms with E-state index in [0.29, 0.717) is 17.0 Å². The zero-order valence-corrected chi connectivity index (χ0v) is 26.9.